The molecule has 1 fully saturated rings. The SMILES string of the molecule is COCCCNC(=O)CN1CCN(c2ccccc2OC)CC1. The number of nitrogens with one attached hydrogen (secondary N) is 1. The first-order valence-corrected chi connectivity index (χ1v) is 8.10. The standard InChI is InChI=1S/C17H27N3O3/c1-22-13-5-8-18-17(21)14-19-9-11-20(12-10-19)15-6-3-4-7-16(15)23-2/h3-4,6-7H,5,8-14H2,1-2H3,(H,18,21). The van der Waals surface area contributed by atoms with E-state index in [-0.39, 0.29) is 5.91 Å². The van der Waals surface area contributed by atoms with E-state index >= 15 is 0 Å². The average Bonchev–Trinajstić information content (AvgIpc) is 2.59. The van der Waals surface area contributed by atoms with Crippen LogP contribution in [-0.4, -0.2) is 70.9 Å². The Kier molecular flexibility index (Phi) is 7.16. The second kappa shape index (κ2) is 9.37. The second-order valence-electron chi connectivity index (χ2n) is 5.63. The van der Waals surface area contributed by atoms with Gasteiger partial charge in [0.1, 0.15) is 5.75 Å². The van der Waals surface area contributed by atoms with Gasteiger partial charge >= 0.3 is 0 Å². The van der Waals surface area contributed by atoms with Gasteiger partial charge in [0.05, 0.1) is 19.3 Å². The van der Waals surface area contributed by atoms with Crippen LogP contribution in [-0.2, 0) is 9.53 Å². The van der Waals surface area contributed by atoms with Crippen molar-refractivity contribution in [2.75, 3.05) is 65.0 Å². The van der Waals surface area contributed by atoms with Crippen molar-refractivity contribution in [3.8, 4) is 5.75 Å². The summed E-state index contributed by atoms with van der Waals surface area (Å²) in [5.41, 5.74) is 1.12. The van der Waals surface area contributed by atoms with E-state index in [0.717, 1.165) is 44.0 Å². The van der Waals surface area contributed by atoms with Crippen LogP contribution in [0.15, 0.2) is 24.3 Å². The summed E-state index contributed by atoms with van der Waals surface area (Å²) in [4.78, 5) is 16.4. The van der Waals surface area contributed by atoms with Crippen LogP contribution in [0.2, 0.25) is 0 Å². The molecule has 1 aromatic rings. The first-order valence-electron chi connectivity index (χ1n) is 8.10. The van der Waals surface area contributed by atoms with E-state index < -0.39 is 0 Å². The number of hydrogen-bond acceptors (Lipinski definition) is 5. The third-order valence-corrected chi connectivity index (χ3v) is 4.01. The quantitative estimate of drug-likeness (QED) is 0.723. The molecule has 1 heterocycles. The Morgan fingerprint density at radius 2 is 1.91 bits per heavy atom. The molecule has 6 heteroatoms. The third-order valence-electron chi connectivity index (χ3n) is 4.01. The molecular weight excluding hydrogens is 294 g/mol. The second-order valence-corrected chi connectivity index (χ2v) is 5.63. The lowest BCUT2D eigenvalue weighted by Crippen LogP contribution is -2.49. The molecule has 1 aliphatic heterocycles. The van der Waals surface area contributed by atoms with Crippen LogP contribution < -0.4 is 15.0 Å². The largest absolute Gasteiger partial charge is 0.495 e. The first-order chi connectivity index (χ1) is 11.2. The number of anilines is 1. The number of methoxy groups -OCH3 is 2. The van der Waals surface area contributed by atoms with Crippen LogP contribution in [0.3, 0.4) is 0 Å². The number of benzene rings is 1. The Morgan fingerprint density at radius 1 is 1.17 bits per heavy atom. The molecule has 0 aliphatic carbocycles. The molecule has 0 spiro atoms. The molecule has 0 saturated carbocycles. The molecule has 0 radical (unpaired) electrons. The lowest BCUT2D eigenvalue weighted by Gasteiger charge is -2.36. The molecule has 2 rings (SSSR count). The number of hydrogen-bond donors (Lipinski definition) is 1. The highest BCUT2D eigenvalue weighted by molar-refractivity contribution is 5.78. The van der Waals surface area contributed by atoms with Crippen LogP contribution in [0.1, 0.15) is 6.42 Å². The van der Waals surface area contributed by atoms with Crippen LogP contribution in [0.5, 0.6) is 5.75 Å². The molecule has 0 atom stereocenters. The van der Waals surface area contributed by atoms with E-state index in [0.29, 0.717) is 19.7 Å². The zero-order chi connectivity index (χ0) is 16.5. The van der Waals surface area contributed by atoms with E-state index in [9.17, 15) is 4.79 Å². The summed E-state index contributed by atoms with van der Waals surface area (Å²) in [5.74, 6) is 0.990. The summed E-state index contributed by atoms with van der Waals surface area (Å²) >= 11 is 0. The average molecular weight is 321 g/mol. The van der Waals surface area contributed by atoms with Gasteiger partial charge in [0.2, 0.25) is 5.91 Å². The predicted octanol–water partition coefficient (Wildman–Crippen LogP) is 0.970. The molecule has 1 N–H and O–H groups in total. The first kappa shape index (κ1) is 17.6. The lowest BCUT2D eigenvalue weighted by atomic mass is 10.2. The Bertz CT molecular complexity index is 488. The van der Waals surface area contributed by atoms with E-state index in [2.05, 4.69) is 21.2 Å². The Labute approximate surface area is 138 Å². The fourth-order valence-electron chi connectivity index (χ4n) is 2.74. The fraction of sp³-hybridized carbons (Fsp3) is 0.588. The van der Waals surface area contributed by atoms with Crippen molar-refractivity contribution in [3.05, 3.63) is 24.3 Å². The molecule has 1 aliphatic rings. The number of carbonyl (C=O) groups excluding carboxylic acids is 1. The number of carbonyl (C=O) groups is 1. The normalized spacial score (nSPS) is 15.5. The number of para-hydroxylation sites is 2. The number of ether oxygens (including phenoxy) is 2. The van der Waals surface area contributed by atoms with Gasteiger partial charge in [-0.15, -0.1) is 0 Å². The highest BCUT2D eigenvalue weighted by atomic mass is 16.5. The lowest BCUT2D eigenvalue weighted by molar-refractivity contribution is -0.122. The van der Waals surface area contributed by atoms with Crippen molar-refractivity contribution >= 4 is 11.6 Å². The smallest absolute Gasteiger partial charge is 0.234 e. The van der Waals surface area contributed by atoms with Gasteiger partial charge in [0.25, 0.3) is 0 Å². The van der Waals surface area contributed by atoms with Crippen molar-refractivity contribution in [2.45, 2.75) is 6.42 Å². The maximum Gasteiger partial charge on any atom is 0.234 e. The monoisotopic (exact) mass is 321 g/mol. The fourth-order valence-corrected chi connectivity index (χ4v) is 2.74. The van der Waals surface area contributed by atoms with Crippen molar-refractivity contribution in [1.82, 2.24) is 10.2 Å². The Morgan fingerprint density at radius 3 is 2.61 bits per heavy atom. The van der Waals surface area contributed by atoms with Crippen molar-refractivity contribution in [2.24, 2.45) is 0 Å². The molecule has 23 heavy (non-hydrogen) atoms. The van der Waals surface area contributed by atoms with Crippen LogP contribution in [0.4, 0.5) is 5.69 Å². The zero-order valence-corrected chi connectivity index (χ0v) is 14.1. The highest BCUT2D eigenvalue weighted by Crippen LogP contribution is 2.28. The molecule has 128 valence electrons. The van der Waals surface area contributed by atoms with Crippen LogP contribution in [0, 0.1) is 0 Å². The van der Waals surface area contributed by atoms with Gasteiger partial charge < -0.3 is 19.7 Å². The van der Waals surface area contributed by atoms with Gasteiger partial charge in [-0.05, 0) is 18.6 Å². The van der Waals surface area contributed by atoms with Gasteiger partial charge in [-0.2, -0.15) is 0 Å². The predicted molar refractivity (Wildman–Crippen MR) is 91.1 cm³/mol. The molecule has 1 aromatic carbocycles. The van der Waals surface area contributed by atoms with Crippen molar-refractivity contribution < 1.29 is 14.3 Å². The van der Waals surface area contributed by atoms with E-state index in [1.165, 1.54) is 0 Å². The third kappa shape index (κ3) is 5.41. The van der Waals surface area contributed by atoms with Gasteiger partial charge in [-0.1, -0.05) is 12.1 Å². The number of rotatable bonds is 8. The van der Waals surface area contributed by atoms with Gasteiger partial charge in [-0.25, -0.2) is 0 Å². The summed E-state index contributed by atoms with van der Waals surface area (Å²) in [7, 11) is 3.37. The molecule has 1 amide bonds. The topological polar surface area (TPSA) is 54.0 Å². The summed E-state index contributed by atoms with van der Waals surface area (Å²) in [6, 6.07) is 8.07. The molecule has 1 saturated heterocycles. The summed E-state index contributed by atoms with van der Waals surface area (Å²) in [6.45, 7) is 5.38. The summed E-state index contributed by atoms with van der Waals surface area (Å²) in [5, 5.41) is 2.93. The highest BCUT2D eigenvalue weighted by Gasteiger charge is 2.20. The molecule has 0 bridgehead atoms. The molecule has 0 unspecified atom stereocenters. The van der Waals surface area contributed by atoms with Crippen molar-refractivity contribution in [3.63, 3.8) is 0 Å². The number of amides is 1. The van der Waals surface area contributed by atoms with Gasteiger partial charge in [-0.3, -0.25) is 9.69 Å². The summed E-state index contributed by atoms with van der Waals surface area (Å²) < 4.78 is 10.4. The number of piperazine rings is 1. The van der Waals surface area contributed by atoms with Crippen molar-refractivity contribution in [1.29, 1.82) is 0 Å². The van der Waals surface area contributed by atoms with Gasteiger partial charge in [0, 0.05) is 46.4 Å². The Balaban J connectivity index is 1.74. The van der Waals surface area contributed by atoms with Crippen LogP contribution >= 0.6 is 0 Å². The minimum Gasteiger partial charge on any atom is -0.495 e. The minimum absolute atomic E-state index is 0.0897. The molecule has 6 nitrogen and oxygen atoms in total. The van der Waals surface area contributed by atoms with E-state index in [1.54, 1.807) is 14.2 Å². The minimum atomic E-state index is 0.0897. The van der Waals surface area contributed by atoms with E-state index in [4.69, 9.17) is 9.47 Å². The zero-order valence-electron chi connectivity index (χ0n) is 14.1. The summed E-state index contributed by atoms with van der Waals surface area (Å²) in [6.07, 6.45) is 0.851. The van der Waals surface area contributed by atoms with Crippen LogP contribution in [0.25, 0.3) is 0 Å². The molecule has 0 aromatic heterocycles. The maximum atomic E-state index is 11.9. The molecular formula is C17H27N3O3. The van der Waals surface area contributed by atoms with Gasteiger partial charge in [0.15, 0.2) is 0 Å². The Hall–Kier alpha value is -1.79. The maximum absolute atomic E-state index is 11.9. The number of nitrogens with zero attached hydrogens (tertiary/aromatic N) is 2. The van der Waals surface area contributed by atoms with E-state index in [1.807, 2.05) is 18.2 Å².